The summed E-state index contributed by atoms with van der Waals surface area (Å²) >= 11 is 0. The van der Waals surface area contributed by atoms with Gasteiger partial charge in [0.05, 0.1) is 5.92 Å². The van der Waals surface area contributed by atoms with Crippen LogP contribution < -0.4 is 5.32 Å². The van der Waals surface area contributed by atoms with E-state index in [1.54, 1.807) is 0 Å². The summed E-state index contributed by atoms with van der Waals surface area (Å²) in [4.78, 5) is 23.6. The molecule has 0 bridgehead atoms. The SMILES string of the molecule is CC1(C)CCCC1C(=O)NC1CCCCC1C(=O)O. The first-order valence-corrected chi connectivity index (χ1v) is 7.45. The standard InChI is InChI=1S/C15H25NO3/c1-15(2)9-5-7-11(15)13(17)16-12-8-4-3-6-10(12)14(18)19/h10-12H,3-9H2,1-2H3,(H,16,17)(H,18,19). The van der Waals surface area contributed by atoms with Crippen molar-refractivity contribution in [1.29, 1.82) is 0 Å². The Labute approximate surface area is 115 Å². The smallest absolute Gasteiger partial charge is 0.308 e. The van der Waals surface area contributed by atoms with E-state index in [4.69, 9.17) is 0 Å². The molecule has 0 heterocycles. The lowest BCUT2D eigenvalue weighted by molar-refractivity contribution is -0.144. The highest BCUT2D eigenvalue weighted by molar-refractivity contribution is 5.81. The van der Waals surface area contributed by atoms with Crippen LogP contribution in [0.25, 0.3) is 0 Å². The van der Waals surface area contributed by atoms with E-state index in [1.165, 1.54) is 0 Å². The van der Waals surface area contributed by atoms with E-state index in [-0.39, 0.29) is 23.3 Å². The molecule has 2 rings (SSSR count). The molecule has 0 saturated heterocycles. The molecule has 108 valence electrons. The summed E-state index contributed by atoms with van der Waals surface area (Å²) < 4.78 is 0. The second-order valence-corrected chi connectivity index (χ2v) is 6.78. The molecular formula is C15H25NO3. The molecule has 2 N–H and O–H groups in total. The zero-order valence-corrected chi connectivity index (χ0v) is 11.9. The minimum Gasteiger partial charge on any atom is -0.481 e. The molecule has 0 aromatic heterocycles. The third kappa shape index (κ3) is 3.10. The van der Waals surface area contributed by atoms with Crippen LogP contribution in [0.5, 0.6) is 0 Å². The number of rotatable bonds is 3. The lowest BCUT2D eigenvalue weighted by atomic mass is 9.80. The number of amides is 1. The predicted octanol–water partition coefficient (Wildman–Crippen LogP) is 2.57. The van der Waals surface area contributed by atoms with Crippen LogP contribution in [-0.2, 0) is 9.59 Å². The number of carbonyl (C=O) groups is 2. The van der Waals surface area contributed by atoms with Crippen LogP contribution in [0.3, 0.4) is 0 Å². The molecule has 0 radical (unpaired) electrons. The Morgan fingerprint density at radius 2 is 1.79 bits per heavy atom. The highest BCUT2D eigenvalue weighted by atomic mass is 16.4. The van der Waals surface area contributed by atoms with Gasteiger partial charge in [0.1, 0.15) is 0 Å². The van der Waals surface area contributed by atoms with E-state index in [0.29, 0.717) is 6.42 Å². The van der Waals surface area contributed by atoms with Gasteiger partial charge in [-0.2, -0.15) is 0 Å². The molecular weight excluding hydrogens is 242 g/mol. The van der Waals surface area contributed by atoms with Gasteiger partial charge in [0.25, 0.3) is 0 Å². The van der Waals surface area contributed by atoms with Gasteiger partial charge < -0.3 is 10.4 Å². The van der Waals surface area contributed by atoms with Crippen LogP contribution in [0.15, 0.2) is 0 Å². The van der Waals surface area contributed by atoms with Gasteiger partial charge >= 0.3 is 5.97 Å². The van der Waals surface area contributed by atoms with Crippen molar-refractivity contribution in [2.45, 2.75) is 64.8 Å². The summed E-state index contributed by atoms with van der Waals surface area (Å²) in [5.74, 6) is -1.05. The van der Waals surface area contributed by atoms with Crippen molar-refractivity contribution in [1.82, 2.24) is 5.32 Å². The molecule has 0 aromatic carbocycles. The third-order valence-corrected chi connectivity index (χ3v) is 4.98. The largest absolute Gasteiger partial charge is 0.481 e. The van der Waals surface area contributed by atoms with E-state index in [1.807, 2.05) is 0 Å². The van der Waals surface area contributed by atoms with Crippen LogP contribution in [0.1, 0.15) is 58.8 Å². The summed E-state index contributed by atoms with van der Waals surface area (Å²) in [6.45, 7) is 4.28. The Kier molecular flexibility index (Phi) is 4.16. The summed E-state index contributed by atoms with van der Waals surface area (Å²) in [6, 6.07) is -0.171. The van der Waals surface area contributed by atoms with Crippen molar-refractivity contribution in [3.05, 3.63) is 0 Å². The maximum Gasteiger partial charge on any atom is 0.308 e. The Morgan fingerprint density at radius 1 is 1.11 bits per heavy atom. The van der Waals surface area contributed by atoms with Crippen LogP contribution in [0.4, 0.5) is 0 Å². The predicted molar refractivity (Wildman–Crippen MR) is 72.6 cm³/mol. The molecule has 4 nitrogen and oxygen atoms in total. The van der Waals surface area contributed by atoms with Crippen LogP contribution in [0.2, 0.25) is 0 Å². The average molecular weight is 267 g/mol. The van der Waals surface area contributed by atoms with Crippen molar-refractivity contribution in [2.75, 3.05) is 0 Å². The summed E-state index contributed by atoms with van der Waals surface area (Å²) in [7, 11) is 0. The minimum absolute atomic E-state index is 0.0453. The second kappa shape index (κ2) is 5.51. The first-order chi connectivity index (χ1) is 8.92. The highest BCUT2D eigenvalue weighted by Crippen LogP contribution is 2.42. The summed E-state index contributed by atoms with van der Waals surface area (Å²) in [6.07, 6.45) is 6.57. The van der Waals surface area contributed by atoms with E-state index in [0.717, 1.165) is 38.5 Å². The fraction of sp³-hybridized carbons (Fsp3) is 0.867. The Bertz CT molecular complexity index is 364. The quantitative estimate of drug-likeness (QED) is 0.826. The lowest BCUT2D eigenvalue weighted by Gasteiger charge is -2.32. The topological polar surface area (TPSA) is 66.4 Å². The summed E-state index contributed by atoms with van der Waals surface area (Å²) in [5.41, 5.74) is 0.0530. The van der Waals surface area contributed by atoms with Gasteiger partial charge in [-0.1, -0.05) is 33.1 Å². The van der Waals surface area contributed by atoms with Crippen molar-refractivity contribution >= 4 is 11.9 Å². The van der Waals surface area contributed by atoms with Gasteiger partial charge in [-0.25, -0.2) is 0 Å². The zero-order valence-electron chi connectivity index (χ0n) is 11.9. The average Bonchev–Trinajstić information content (AvgIpc) is 2.69. The molecule has 0 spiro atoms. The second-order valence-electron chi connectivity index (χ2n) is 6.78. The number of hydrogen-bond acceptors (Lipinski definition) is 2. The fourth-order valence-electron chi connectivity index (χ4n) is 3.70. The van der Waals surface area contributed by atoms with Gasteiger partial charge in [-0.05, 0) is 31.1 Å². The van der Waals surface area contributed by atoms with Gasteiger partial charge in [0.2, 0.25) is 5.91 Å². The van der Waals surface area contributed by atoms with Crippen molar-refractivity contribution < 1.29 is 14.7 Å². The Hall–Kier alpha value is -1.06. The van der Waals surface area contributed by atoms with Gasteiger partial charge in [0.15, 0.2) is 0 Å². The molecule has 1 amide bonds. The molecule has 2 aliphatic carbocycles. The number of carbonyl (C=O) groups excluding carboxylic acids is 1. The van der Waals surface area contributed by atoms with Gasteiger partial charge in [-0.15, -0.1) is 0 Å². The number of carboxylic acid groups (broad SMARTS) is 1. The van der Waals surface area contributed by atoms with E-state index < -0.39 is 11.9 Å². The normalized spacial score (nSPS) is 33.9. The molecule has 4 heteroatoms. The summed E-state index contributed by atoms with van der Waals surface area (Å²) in [5, 5.41) is 12.3. The molecule has 2 saturated carbocycles. The monoisotopic (exact) mass is 267 g/mol. The Balaban J connectivity index is 1.99. The minimum atomic E-state index is -0.768. The molecule has 19 heavy (non-hydrogen) atoms. The van der Waals surface area contributed by atoms with E-state index >= 15 is 0 Å². The molecule has 2 aliphatic rings. The van der Waals surface area contributed by atoms with Crippen molar-refractivity contribution in [3.8, 4) is 0 Å². The molecule has 3 unspecified atom stereocenters. The lowest BCUT2D eigenvalue weighted by Crippen LogP contribution is -2.48. The van der Waals surface area contributed by atoms with Gasteiger partial charge in [-0.3, -0.25) is 9.59 Å². The van der Waals surface area contributed by atoms with Crippen LogP contribution in [-0.4, -0.2) is 23.0 Å². The number of hydrogen-bond donors (Lipinski definition) is 2. The molecule has 3 atom stereocenters. The molecule has 0 aliphatic heterocycles. The molecule has 0 aromatic rings. The zero-order chi connectivity index (χ0) is 14.0. The number of carboxylic acids is 1. The molecule has 2 fully saturated rings. The van der Waals surface area contributed by atoms with E-state index in [9.17, 15) is 14.7 Å². The maximum atomic E-state index is 12.4. The van der Waals surface area contributed by atoms with Crippen molar-refractivity contribution in [3.63, 3.8) is 0 Å². The van der Waals surface area contributed by atoms with Crippen LogP contribution >= 0.6 is 0 Å². The first kappa shape index (κ1) is 14.4. The highest BCUT2D eigenvalue weighted by Gasteiger charge is 2.41. The Morgan fingerprint density at radius 3 is 2.37 bits per heavy atom. The maximum absolute atomic E-state index is 12.4. The van der Waals surface area contributed by atoms with Gasteiger partial charge in [0, 0.05) is 12.0 Å². The third-order valence-electron chi connectivity index (χ3n) is 4.98. The number of nitrogens with one attached hydrogen (secondary N) is 1. The van der Waals surface area contributed by atoms with Crippen LogP contribution in [0, 0.1) is 17.3 Å². The first-order valence-electron chi connectivity index (χ1n) is 7.45. The number of aliphatic carboxylic acids is 1. The fourth-order valence-corrected chi connectivity index (χ4v) is 3.70. The van der Waals surface area contributed by atoms with Crippen molar-refractivity contribution in [2.24, 2.45) is 17.3 Å². The van der Waals surface area contributed by atoms with E-state index in [2.05, 4.69) is 19.2 Å².